The number of nitrogens with zero attached hydrogens (tertiary/aromatic N) is 2. The summed E-state index contributed by atoms with van der Waals surface area (Å²) in [6, 6.07) is 5.50. The monoisotopic (exact) mass is 491 g/mol. The predicted molar refractivity (Wildman–Crippen MR) is 124 cm³/mol. The Balaban J connectivity index is 1.34. The normalized spacial score (nSPS) is 17.0. The Morgan fingerprint density at radius 2 is 1.64 bits per heavy atom. The van der Waals surface area contributed by atoms with E-state index in [1.807, 2.05) is 4.90 Å². The third kappa shape index (κ3) is 4.78. The van der Waals surface area contributed by atoms with Crippen LogP contribution in [0.4, 0.5) is 5.00 Å². The molecular formula is C21H25N5O5S2. The molecule has 1 aromatic carbocycles. The lowest BCUT2D eigenvalue weighted by Gasteiger charge is -2.33. The van der Waals surface area contributed by atoms with Gasteiger partial charge in [0.1, 0.15) is 5.00 Å². The number of thiophene rings is 1. The zero-order chi connectivity index (χ0) is 23.8. The summed E-state index contributed by atoms with van der Waals surface area (Å²) in [4.78, 5) is 38.7. The number of sulfonamides is 1. The van der Waals surface area contributed by atoms with Crippen molar-refractivity contribution in [2.24, 2.45) is 11.5 Å². The lowest BCUT2D eigenvalue weighted by molar-refractivity contribution is -0.117. The molecule has 0 unspecified atom stereocenters. The van der Waals surface area contributed by atoms with Crippen LogP contribution in [0, 0.1) is 0 Å². The van der Waals surface area contributed by atoms with Crippen LogP contribution in [0.15, 0.2) is 29.2 Å². The smallest absolute Gasteiger partial charge is 0.251 e. The highest BCUT2D eigenvalue weighted by Crippen LogP contribution is 2.38. The Morgan fingerprint density at radius 3 is 2.24 bits per heavy atom. The van der Waals surface area contributed by atoms with Crippen LogP contribution in [-0.2, 0) is 27.7 Å². The van der Waals surface area contributed by atoms with Crippen molar-refractivity contribution in [3.8, 4) is 0 Å². The lowest BCUT2D eigenvalue weighted by atomic mass is 10.1. The number of fused-ring (bicyclic) bond motifs is 1. The van der Waals surface area contributed by atoms with Gasteiger partial charge in [-0.2, -0.15) is 4.31 Å². The van der Waals surface area contributed by atoms with E-state index >= 15 is 0 Å². The van der Waals surface area contributed by atoms with E-state index in [1.54, 1.807) is 0 Å². The first-order valence-corrected chi connectivity index (χ1v) is 12.8. The van der Waals surface area contributed by atoms with Gasteiger partial charge >= 0.3 is 0 Å². The largest absolute Gasteiger partial charge is 0.366 e. The second kappa shape index (κ2) is 9.21. The van der Waals surface area contributed by atoms with Crippen LogP contribution in [0.1, 0.15) is 37.6 Å². The van der Waals surface area contributed by atoms with Gasteiger partial charge in [-0.3, -0.25) is 19.3 Å². The summed E-state index contributed by atoms with van der Waals surface area (Å²) in [7, 11) is -3.71. The molecule has 1 aliphatic heterocycles. The van der Waals surface area contributed by atoms with Gasteiger partial charge in [-0.25, -0.2) is 8.42 Å². The summed E-state index contributed by atoms with van der Waals surface area (Å²) >= 11 is 1.40. The zero-order valence-corrected chi connectivity index (χ0v) is 19.5. The van der Waals surface area contributed by atoms with E-state index in [4.69, 9.17) is 11.5 Å². The molecule has 1 fully saturated rings. The number of hydrogen-bond donors (Lipinski definition) is 3. The van der Waals surface area contributed by atoms with Crippen LogP contribution in [0.5, 0.6) is 0 Å². The van der Waals surface area contributed by atoms with E-state index < -0.39 is 21.8 Å². The van der Waals surface area contributed by atoms with Crippen LogP contribution >= 0.6 is 11.3 Å². The van der Waals surface area contributed by atoms with E-state index in [-0.39, 0.29) is 36.0 Å². The van der Waals surface area contributed by atoms with Crippen molar-refractivity contribution in [1.82, 2.24) is 9.21 Å². The first-order chi connectivity index (χ1) is 15.7. The number of rotatable bonds is 7. The summed E-state index contributed by atoms with van der Waals surface area (Å²) in [5.41, 5.74) is 12.3. The van der Waals surface area contributed by atoms with Crippen LogP contribution in [-0.4, -0.2) is 68.1 Å². The molecule has 12 heteroatoms. The molecule has 176 valence electrons. The van der Waals surface area contributed by atoms with Gasteiger partial charge in [0.15, 0.2) is 0 Å². The molecule has 2 aromatic rings. The van der Waals surface area contributed by atoms with Gasteiger partial charge in [0, 0.05) is 36.6 Å². The van der Waals surface area contributed by atoms with Crippen LogP contribution < -0.4 is 16.8 Å². The first kappa shape index (κ1) is 23.4. The van der Waals surface area contributed by atoms with E-state index in [2.05, 4.69) is 5.32 Å². The number of hydrogen-bond acceptors (Lipinski definition) is 7. The number of anilines is 1. The second-order valence-electron chi connectivity index (χ2n) is 8.04. The Morgan fingerprint density at radius 1 is 0.970 bits per heavy atom. The van der Waals surface area contributed by atoms with Crippen molar-refractivity contribution >= 4 is 44.1 Å². The molecule has 1 aromatic heterocycles. The molecule has 4 rings (SSSR count). The maximum absolute atomic E-state index is 12.9. The molecule has 10 nitrogen and oxygen atoms in total. The summed E-state index contributed by atoms with van der Waals surface area (Å²) in [6.07, 6.45) is 2.66. The predicted octanol–water partition coefficient (Wildman–Crippen LogP) is 0.380. The summed E-state index contributed by atoms with van der Waals surface area (Å²) < 4.78 is 27.1. The lowest BCUT2D eigenvalue weighted by Crippen LogP contribution is -2.50. The third-order valence-corrected chi connectivity index (χ3v) is 9.02. The third-order valence-electron chi connectivity index (χ3n) is 5.90. The molecule has 1 aliphatic carbocycles. The van der Waals surface area contributed by atoms with E-state index in [0.29, 0.717) is 23.7 Å². The van der Waals surface area contributed by atoms with Crippen LogP contribution in [0.25, 0.3) is 0 Å². The minimum Gasteiger partial charge on any atom is -0.366 e. The van der Waals surface area contributed by atoms with Gasteiger partial charge in [0.05, 0.1) is 17.0 Å². The Labute approximate surface area is 195 Å². The topological polar surface area (TPSA) is 156 Å². The quantitative estimate of drug-likeness (QED) is 0.508. The number of carbonyl (C=O) groups excluding carboxylic acids is 3. The number of amides is 3. The molecular weight excluding hydrogens is 466 g/mol. The fourth-order valence-corrected chi connectivity index (χ4v) is 6.92. The maximum Gasteiger partial charge on any atom is 0.251 e. The SMILES string of the molecule is NC(=O)c1ccc(S(=O)(=O)N2CCN(CC(=O)Nc3sc4c(c3C(N)=O)CCC4)CC2)cc1. The van der Waals surface area contributed by atoms with E-state index in [1.165, 1.54) is 39.9 Å². The van der Waals surface area contributed by atoms with Gasteiger partial charge in [0.25, 0.3) is 5.91 Å². The van der Waals surface area contributed by atoms with E-state index in [0.717, 1.165) is 29.7 Å². The van der Waals surface area contributed by atoms with Crippen LogP contribution in [0.3, 0.4) is 0 Å². The molecule has 0 saturated carbocycles. The molecule has 33 heavy (non-hydrogen) atoms. The van der Waals surface area contributed by atoms with Crippen molar-refractivity contribution in [3.05, 3.63) is 45.8 Å². The van der Waals surface area contributed by atoms with Gasteiger partial charge in [-0.1, -0.05) is 0 Å². The van der Waals surface area contributed by atoms with Crippen molar-refractivity contribution in [1.29, 1.82) is 0 Å². The highest BCUT2D eigenvalue weighted by atomic mass is 32.2. The highest BCUT2D eigenvalue weighted by Gasteiger charge is 2.30. The Kier molecular flexibility index (Phi) is 6.52. The number of carbonyl (C=O) groups is 3. The number of nitrogens with one attached hydrogen (secondary N) is 1. The minimum atomic E-state index is -3.71. The molecule has 5 N–H and O–H groups in total. The molecule has 2 aliphatic rings. The average Bonchev–Trinajstić information content (AvgIpc) is 3.34. The number of benzene rings is 1. The van der Waals surface area contributed by atoms with Crippen molar-refractivity contribution in [3.63, 3.8) is 0 Å². The summed E-state index contributed by atoms with van der Waals surface area (Å²) in [5.74, 6) is -1.43. The standard InChI is InChI=1S/C21H25N5O5S2/c22-19(28)13-4-6-14(7-5-13)33(30,31)26-10-8-25(9-11-26)12-17(27)24-21-18(20(23)29)15-2-1-3-16(15)32-21/h4-7H,1-3,8-12H2,(H2,22,28)(H2,23,29)(H,24,27). The van der Waals surface area contributed by atoms with E-state index in [9.17, 15) is 22.8 Å². The second-order valence-corrected chi connectivity index (χ2v) is 11.1. The fourth-order valence-electron chi connectivity index (χ4n) is 4.19. The number of nitrogens with two attached hydrogens (primary N) is 2. The molecule has 0 radical (unpaired) electrons. The van der Waals surface area contributed by atoms with Gasteiger partial charge in [-0.15, -0.1) is 11.3 Å². The van der Waals surface area contributed by atoms with Crippen molar-refractivity contribution in [2.45, 2.75) is 24.2 Å². The zero-order valence-electron chi connectivity index (χ0n) is 17.9. The Bertz CT molecular complexity index is 1200. The first-order valence-electron chi connectivity index (χ1n) is 10.5. The highest BCUT2D eigenvalue weighted by molar-refractivity contribution is 7.89. The number of piperazine rings is 1. The maximum atomic E-state index is 12.9. The average molecular weight is 492 g/mol. The van der Waals surface area contributed by atoms with Crippen LogP contribution in [0.2, 0.25) is 0 Å². The molecule has 0 atom stereocenters. The van der Waals surface area contributed by atoms with Gasteiger partial charge in [-0.05, 0) is 49.1 Å². The van der Waals surface area contributed by atoms with Crippen molar-refractivity contribution < 1.29 is 22.8 Å². The number of aryl methyl sites for hydroxylation is 1. The number of primary amides is 2. The fraction of sp³-hybridized carbons (Fsp3) is 0.381. The molecule has 3 amide bonds. The molecule has 2 heterocycles. The Hall–Kier alpha value is -2.80. The van der Waals surface area contributed by atoms with Gasteiger partial charge in [0.2, 0.25) is 21.8 Å². The molecule has 0 spiro atoms. The molecule has 1 saturated heterocycles. The summed E-state index contributed by atoms with van der Waals surface area (Å²) in [6.45, 7) is 1.31. The van der Waals surface area contributed by atoms with Gasteiger partial charge < -0.3 is 16.8 Å². The molecule has 0 bridgehead atoms. The van der Waals surface area contributed by atoms with Crippen molar-refractivity contribution in [2.75, 3.05) is 38.0 Å². The minimum absolute atomic E-state index is 0.0853. The summed E-state index contributed by atoms with van der Waals surface area (Å²) in [5, 5.41) is 3.32.